The average Bonchev–Trinajstić information content (AvgIpc) is 2.13. The van der Waals surface area contributed by atoms with E-state index in [1.807, 2.05) is 38.2 Å². The zero-order chi connectivity index (χ0) is 10.2. The third-order valence-electron chi connectivity index (χ3n) is 1.66. The fourth-order valence-corrected chi connectivity index (χ4v) is 0.957. The summed E-state index contributed by atoms with van der Waals surface area (Å²) in [5, 5.41) is 18.6. The first-order valence-corrected chi connectivity index (χ1v) is 4.43. The second-order valence-corrected chi connectivity index (χ2v) is 2.92. The normalized spacial score (nSPS) is 17.5. The molecule has 0 unspecified atom stereocenters. The Labute approximate surface area is 79.9 Å². The maximum atomic E-state index is 9.71. The lowest BCUT2D eigenvalue weighted by Gasteiger charge is -2.19. The van der Waals surface area contributed by atoms with Crippen molar-refractivity contribution in [2.45, 2.75) is 25.9 Å². The van der Waals surface area contributed by atoms with Crippen molar-refractivity contribution in [2.75, 3.05) is 6.61 Å². The summed E-state index contributed by atoms with van der Waals surface area (Å²) in [6.07, 6.45) is 11.2. The third kappa shape index (κ3) is 5.39. The van der Waals surface area contributed by atoms with E-state index in [1.54, 1.807) is 12.2 Å². The minimum Gasteiger partial charge on any atom is -0.393 e. The van der Waals surface area contributed by atoms with E-state index in [-0.39, 0.29) is 6.61 Å². The number of hydrogen-bond acceptors (Lipinski definition) is 2. The van der Waals surface area contributed by atoms with E-state index < -0.39 is 5.60 Å². The van der Waals surface area contributed by atoms with Crippen LogP contribution in [0.2, 0.25) is 0 Å². The molecule has 0 aliphatic rings. The van der Waals surface area contributed by atoms with Crippen LogP contribution in [0, 0.1) is 0 Å². The van der Waals surface area contributed by atoms with Crippen molar-refractivity contribution in [2.24, 2.45) is 0 Å². The summed E-state index contributed by atoms with van der Waals surface area (Å²) in [6.45, 7) is 3.49. The highest BCUT2D eigenvalue weighted by Crippen LogP contribution is 2.12. The Kier molecular flexibility index (Phi) is 6.20. The molecular weight excluding hydrogens is 164 g/mol. The minimum absolute atomic E-state index is 0.252. The topological polar surface area (TPSA) is 40.5 Å². The molecule has 13 heavy (non-hydrogen) atoms. The third-order valence-corrected chi connectivity index (χ3v) is 1.66. The van der Waals surface area contributed by atoms with Gasteiger partial charge in [-0.25, -0.2) is 0 Å². The first-order valence-electron chi connectivity index (χ1n) is 4.43. The van der Waals surface area contributed by atoms with E-state index in [0.29, 0.717) is 6.42 Å². The van der Waals surface area contributed by atoms with Crippen molar-refractivity contribution >= 4 is 0 Å². The predicted octanol–water partition coefficient (Wildman–Crippen LogP) is 1.81. The van der Waals surface area contributed by atoms with Gasteiger partial charge in [0.1, 0.15) is 5.60 Å². The van der Waals surface area contributed by atoms with Gasteiger partial charge in [0.25, 0.3) is 0 Å². The van der Waals surface area contributed by atoms with Gasteiger partial charge in [-0.1, -0.05) is 36.5 Å². The molecule has 0 aliphatic heterocycles. The first kappa shape index (κ1) is 12.1. The fraction of sp³-hybridized carbons (Fsp3) is 0.455. The van der Waals surface area contributed by atoms with Crippen molar-refractivity contribution in [3.05, 3.63) is 36.5 Å². The molecule has 0 spiro atoms. The van der Waals surface area contributed by atoms with E-state index in [0.717, 1.165) is 0 Å². The van der Waals surface area contributed by atoms with E-state index in [1.165, 1.54) is 0 Å². The summed E-state index contributed by atoms with van der Waals surface area (Å²) in [4.78, 5) is 0. The molecule has 0 amide bonds. The van der Waals surface area contributed by atoms with E-state index in [4.69, 9.17) is 5.11 Å². The van der Waals surface area contributed by atoms with Gasteiger partial charge in [0.15, 0.2) is 0 Å². The first-order chi connectivity index (χ1) is 6.18. The van der Waals surface area contributed by atoms with Gasteiger partial charge < -0.3 is 10.2 Å². The van der Waals surface area contributed by atoms with Gasteiger partial charge in [-0.2, -0.15) is 0 Å². The molecule has 2 N–H and O–H groups in total. The Hall–Kier alpha value is -0.860. The molecule has 2 heteroatoms. The zero-order valence-corrected chi connectivity index (χ0v) is 8.27. The minimum atomic E-state index is -1.10. The molecule has 0 bridgehead atoms. The van der Waals surface area contributed by atoms with Crippen LogP contribution in [0.4, 0.5) is 0 Å². The van der Waals surface area contributed by atoms with E-state index in [2.05, 4.69) is 0 Å². The summed E-state index contributed by atoms with van der Waals surface area (Å²) in [5.41, 5.74) is -1.10. The zero-order valence-electron chi connectivity index (χ0n) is 8.27. The molecule has 0 rings (SSSR count). The summed E-state index contributed by atoms with van der Waals surface area (Å²) in [7, 11) is 0. The van der Waals surface area contributed by atoms with Gasteiger partial charge in [-0.3, -0.25) is 0 Å². The summed E-state index contributed by atoms with van der Waals surface area (Å²) in [5.74, 6) is 0. The number of aliphatic hydroxyl groups excluding tert-OH is 1. The standard InChI is InChI=1S/C11H18O2/c1-3-5-6-7-9-11(13,10-12)8-4-2/h3-8,12-13H,9-10H2,1-2H3/b5-3+,7-6+,8-4+/t11-/m1/s1. The molecule has 2 nitrogen and oxygen atoms in total. The molecule has 74 valence electrons. The van der Waals surface area contributed by atoms with Crippen LogP contribution in [0.15, 0.2) is 36.5 Å². The molecule has 0 aromatic carbocycles. The van der Waals surface area contributed by atoms with Gasteiger partial charge in [0.05, 0.1) is 6.61 Å². The lowest BCUT2D eigenvalue weighted by atomic mass is 10.00. The van der Waals surface area contributed by atoms with Crippen molar-refractivity contribution < 1.29 is 10.2 Å². The Morgan fingerprint density at radius 1 is 1.15 bits per heavy atom. The largest absolute Gasteiger partial charge is 0.393 e. The molecule has 0 aliphatic carbocycles. The van der Waals surface area contributed by atoms with Crippen molar-refractivity contribution in [1.82, 2.24) is 0 Å². The van der Waals surface area contributed by atoms with Crippen LogP contribution in [-0.4, -0.2) is 22.4 Å². The molecular formula is C11H18O2. The number of aliphatic hydroxyl groups is 2. The van der Waals surface area contributed by atoms with Crippen LogP contribution in [0.1, 0.15) is 20.3 Å². The SMILES string of the molecule is C/C=C/C=C/C[C@](O)(/C=C/C)CO. The van der Waals surface area contributed by atoms with Crippen molar-refractivity contribution in [1.29, 1.82) is 0 Å². The van der Waals surface area contributed by atoms with Crippen LogP contribution < -0.4 is 0 Å². The quantitative estimate of drug-likeness (QED) is 0.503. The van der Waals surface area contributed by atoms with Crippen molar-refractivity contribution in [3.8, 4) is 0 Å². The van der Waals surface area contributed by atoms with Gasteiger partial charge >= 0.3 is 0 Å². The van der Waals surface area contributed by atoms with Gasteiger partial charge in [0.2, 0.25) is 0 Å². The maximum absolute atomic E-state index is 9.71. The Morgan fingerprint density at radius 2 is 1.85 bits per heavy atom. The van der Waals surface area contributed by atoms with Crippen LogP contribution in [0.5, 0.6) is 0 Å². The molecule has 0 saturated heterocycles. The molecule has 0 aromatic heterocycles. The molecule has 0 fully saturated rings. The second-order valence-electron chi connectivity index (χ2n) is 2.92. The Balaban J connectivity index is 4.12. The molecule has 0 saturated carbocycles. The lowest BCUT2D eigenvalue weighted by Crippen LogP contribution is -2.29. The molecule has 0 aromatic rings. The van der Waals surface area contributed by atoms with Crippen LogP contribution in [0.3, 0.4) is 0 Å². The fourth-order valence-electron chi connectivity index (χ4n) is 0.957. The van der Waals surface area contributed by atoms with E-state index in [9.17, 15) is 5.11 Å². The summed E-state index contributed by atoms with van der Waals surface area (Å²) >= 11 is 0. The summed E-state index contributed by atoms with van der Waals surface area (Å²) in [6, 6.07) is 0. The van der Waals surface area contributed by atoms with Crippen LogP contribution in [0.25, 0.3) is 0 Å². The van der Waals surface area contributed by atoms with Gasteiger partial charge in [0, 0.05) is 6.42 Å². The van der Waals surface area contributed by atoms with Crippen molar-refractivity contribution in [3.63, 3.8) is 0 Å². The molecule has 0 heterocycles. The number of allylic oxidation sites excluding steroid dienone is 4. The number of rotatable bonds is 5. The molecule has 1 atom stereocenters. The van der Waals surface area contributed by atoms with E-state index >= 15 is 0 Å². The Bertz CT molecular complexity index is 204. The maximum Gasteiger partial charge on any atom is 0.109 e. The smallest absolute Gasteiger partial charge is 0.109 e. The predicted molar refractivity (Wildman–Crippen MR) is 55.4 cm³/mol. The monoisotopic (exact) mass is 182 g/mol. The highest BCUT2D eigenvalue weighted by molar-refractivity contribution is 5.08. The average molecular weight is 182 g/mol. The van der Waals surface area contributed by atoms with Gasteiger partial charge in [-0.15, -0.1) is 0 Å². The van der Waals surface area contributed by atoms with Crippen LogP contribution in [-0.2, 0) is 0 Å². The van der Waals surface area contributed by atoms with Gasteiger partial charge in [-0.05, 0) is 13.8 Å². The lowest BCUT2D eigenvalue weighted by molar-refractivity contribution is 0.0299. The molecule has 0 radical (unpaired) electrons. The van der Waals surface area contributed by atoms with Crippen LogP contribution >= 0.6 is 0 Å². The highest BCUT2D eigenvalue weighted by Gasteiger charge is 2.19. The Morgan fingerprint density at radius 3 is 2.31 bits per heavy atom. The second kappa shape index (κ2) is 6.63. The summed E-state index contributed by atoms with van der Waals surface area (Å²) < 4.78 is 0. The highest BCUT2D eigenvalue weighted by atomic mass is 16.3. The number of hydrogen-bond donors (Lipinski definition) is 2.